The molecule has 1 aliphatic heterocycles. The maximum Gasteiger partial charge on any atom is 0.313 e. The number of nitrogens with zero attached hydrogens (tertiary/aromatic N) is 2. The van der Waals surface area contributed by atoms with Gasteiger partial charge in [-0.3, -0.25) is 9.59 Å². The maximum atomic E-state index is 12.0. The second-order valence-corrected chi connectivity index (χ2v) is 7.18. The summed E-state index contributed by atoms with van der Waals surface area (Å²) in [7, 11) is 3.90. The predicted octanol–water partition coefficient (Wildman–Crippen LogP) is 1.93. The van der Waals surface area contributed by atoms with E-state index in [0.29, 0.717) is 24.2 Å². The summed E-state index contributed by atoms with van der Waals surface area (Å²) in [5.74, 6) is -0.730. The van der Waals surface area contributed by atoms with Crippen LogP contribution in [0.15, 0.2) is 24.3 Å². The van der Waals surface area contributed by atoms with Crippen molar-refractivity contribution < 1.29 is 9.59 Å². The summed E-state index contributed by atoms with van der Waals surface area (Å²) >= 11 is 0. The average Bonchev–Trinajstić information content (AvgIpc) is 2.60. The van der Waals surface area contributed by atoms with Gasteiger partial charge in [0.05, 0.1) is 0 Å². The van der Waals surface area contributed by atoms with Crippen molar-refractivity contribution in [2.45, 2.75) is 32.7 Å². The maximum absolute atomic E-state index is 12.0. The molecule has 2 N–H and O–H groups in total. The monoisotopic (exact) mass is 346 g/mol. The molecule has 0 atom stereocenters. The van der Waals surface area contributed by atoms with Crippen LogP contribution >= 0.6 is 0 Å². The molecule has 0 bridgehead atoms. The van der Waals surface area contributed by atoms with Gasteiger partial charge >= 0.3 is 11.8 Å². The Bertz CT molecular complexity index is 576. The smallest absolute Gasteiger partial charge is 0.313 e. The number of anilines is 2. The first kappa shape index (κ1) is 19.2. The zero-order valence-electron chi connectivity index (χ0n) is 15.7. The van der Waals surface area contributed by atoms with Gasteiger partial charge in [-0.05, 0) is 70.0 Å². The third kappa shape index (κ3) is 5.74. The summed E-state index contributed by atoms with van der Waals surface area (Å²) in [6.07, 6.45) is 2.12. The van der Waals surface area contributed by atoms with Crippen molar-refractivity contribution in [2.24, 2.45) is 5.92 Å². The molecule has 138 valence electrons. The van der Waals surface area contributed by atoms with Gasteiger partial charge in [0, 0.05) is 38.1 Å². The lowest BCUT2D eigenvalue weighted by molar-refractivity contribution is -0.136. The average molecular weight is 346 g/mol. The van der Waals surface area contributed by atoms with Crippen LogP contribution < -0.4 is 15.5 Å². The number of rotatable bonds is 5. The van der Waals surface area contributed by atoms with Crippen molar-refractivity contribution in [3.05, 3.63) is 24.3 Å². The number of nitrogens with one attached hydrogen (secondary N) is 2. The van der Waals surface area contributed by atoms with E-state index in [2.05, 4.69) is 29.4 Å². The molecule has 2 amide bonds. The van der Waals surface area contributed by atoms with Crippen LogP contribution in [0.25, 0.3) is 0 Å². The van der Waals surface area contributed by atoms with E-state index in [1.165, 1.54) is 0 Å². The summed E-state index contributed by atoms with van der Waals surface area (Å²) in [6.45, 7) is 7.10. The zero-order chi connectivity index (χ0) is 18.4. The molecule has 1 aromatic rings. The number of carbonyl (C=O) groups is 2. The van der Waals surface area contributed by atoms with Crippen LogP contribution in [-0.2, 0) is 9.59 Å². The zero-order valence-corrected chi connectivity index (χ0v) is 15.7. The van der Waals surface area contributed by atoms with E-state index in [4.69, 9.17) is 0 Å². The van der Waals surface area contributed by atoms with E-state index in [9.17, 15) is 9.59 Å². The van der Waals surface area contributed by atoms with Crippen LogP contribution in [0.3, 0.4) is 0 Å². The Morgan fingerprint density at radius 1 is 1.12 bits per heavy atom. The minimum Gasteiger partial charge on any atom is -0.378 e. The van der Waals surface area contributed by atoms with Gasteiger partial charge in [-0.15, -0.1) is 0 Å². The fraction of sp³-hybridized carbons (Fsp3) is 0.579. The summed E-state index contributed by atoms with van der Waals surface area (Å²) in [5.41, 5.74) is 1.66. The van der Waals surface area contributed by atoms with Crippen molar-refractivity contribution in [3.8, 4) is 0 Å². The molecular weight excluding hydrogens is 316 g/mol. The highest BCUT2D eigenvalue weighted by molar-refractivity contribution is 6.39. The molecule has 0 spiro atoms. The van der Waals surface area contributed by atoms with Crippen LogP contribution in [0.2, 0.25) is 0 Å². The molecule has 1 saturated heterocycles. The van der Waals surface area contributed by atoms with Gasteiger partial charge in [0.15, 0.2) is 0 Å². The summed E-state index contributed by atoms with van der Waals surface area (Å²) in [4.78, 5) is 28.4. The lowest BCUT2D eigenvalue weighted by Gasteiger charge is -2.34. The Labute approximate surface area is 150 Å². The van der Waals surface area contributed by atoms with E-state index in [1.54, 1.807) is 12.1 Å². The fourth-order valence-electron chi connectivity index (χ4n) is 3.02. The molecule has 1 aromatic carbocycles. The number of benzene rings is 1. The van der Waals surface area contributed by atoms with Gasteiger partial charge in [0.2, 0.25) is 0 Å². The van der Waals surface area contributed by atoms with Gasteiger partial charge < -0.3 is 20.4 Å². The molecule has 0 unspecified atom stereocenters. The molecule has 0 aliphatic carbocycles. The highest BCUT2D eigenvalue weighted by Gasteiger charge is 2.22. The molecule has 25 heavy (non-hydrogen) atoms. The van der Waals surface area contributed by atoms with E-state index < -0.39 is 11.8 Å². The third-order valence-corrected chi connectivity index (χ3v) is 4.78. The van der Waals surface area contributed by atoms with Crippen LogP contribution in [0.1, 0.15) is 26.7 Å². The van der Waals surface area contributed by atoms with Gasteiger partial charge in [-0.25, -0.2) is 0 Å². The second kappa shape index (κ2) is 8.85. The number of likely N-dealkylation sites (tertiary alicyclic amines) is 1. The third-order valence-electron chi connectivity index (χ3n) is 4.78. The molecule has 0 aromatic heterocycles. The van der Waals surface area contributed by atoms with Gasteiger partial charge in [0.25, 0.3) is 0 Å². The molecule has 6 heteroatoms. The molecule has 2 rings (SSSR count). The van der Waals surface area contributed by atoms with Gasteiger partial charge in [-0.2, -0.15) is 0 Å². The Hall–Kier alpha value is -2.08. The largest absolute Gasteiger partial charge is 0.378 e. The quantitative estimate of drug-likeness (QED) is 0.800. The Balaban J connectivity index is 1.74. The Morgan fingerprint density at radius 3 is 2.24 bits per heavy atom. The Morgan fingerprint density at radius 2 is 1.72 bits per heavy atom. The first-order valence-corrected chi connectivity index (χ1v) is 8.97. The van der Waals surface area contributed by atoms with Crippen molar-refractivity contribution in [2.75, 3.05) is 43.9 Å². The summed E-state index contributed by atoms with van der Waals surface area (Å²) in [6, 6.07) is 7.95. The number of carbonyl (C=O) groups excluding carboxylic acids is 2. The lowest BCUT2D eigenvalue weighted by Crippen LogP contribution is -2.43. The number of hydrogen-bond donors (Lipinski definition) is 2. The molecular formula is C19H30N4O2. The number of hydrogen-bond acceptors (Lipinski definition) is 4. The highest BCUT2D eigenvalue weighted by Crippen LogP contribution is 2.18. The molecule has 1 fully saturated rings. The van der Waals surface area contributed by atoms with Crippen LogP contribution in [0, 0.1) is 5.92 Å². The van der Waals surface area contributed by atoms with Gasteiger partial charge in [0.1, 0.15) is 0 Å². The van der Waals surface area contributed by atoms with E-state index in [-0.39, 0.29) is 0 Å². The second-order valence-electron chi connectivity index (χ2n) is 7.18. The van der Waals surface area contributed by atoms with Crippen molar-refractivity contribution >= 4 is 23.2 Å². The SMILES string of the molecule is CC(C)N1CCC(CNC(=O)C(=O)Nc2ccc(N(C)C)cc2)CC1. The molecule has 6 nitrogen and oxygen atoms in total. The minimum absolute atomic E-state index is 0.450. The van der Waals surface area contributed by atoms with Crippen molar-refractivity contribution in [3.63, 3.8) is 0 Å². The van der Waals surface area contributed by atoms with Crippen molar-refractivity contribution in [1.82, 2.24) is 10.2 Å². The molecule has 0 saturated carbocycles. The molecule has 1 aliphatic rings. The van der Waals surface area contributed by atoms with Gasteiger partial charge in [-0.1, -0.05) is 0 Å². The topological polar surface area (TPSA) is 64.7 Å². The molecule has 1 heterocycles. The van der Waals surface area contributed by atoms with Crippen LogP contribution in [0.5, 0.6) is 0 Å². The van der Waals surface area contributed by atoms with E-state index in [0.717, 1.165) is 31.6 Å². The van der Waals surface area contributed by atoms with Crippen LogP contribution in [-0.4, -0.2) is 56.5 Å². The lowest BCUT2D eigenvalue weighted by atomic mass is 9.96. The summed E-state index contributed by atoms with van der Waals surface area (Å²) < 4.78 is 0. The molecule has 0 radical (unpaired) electrons. The normalized spacial score (nSPS) is 15.9. The number of piperidine rings is 1. The first-order valence-electron chi connectivity index (χ1n) is 8.97. The summed E-state index contributed by atoms with van der Waals surface area (Å²) in [5, 5.41) is 5.41. The highest BCUT2D eigenvalue weighted by atomic mass is 16.2. The fourth-order valence-corrected chi connectivity index (χ4v) is 3.02. The number of amides is 2. The van der Waals surface area contributed by atoms with Crippen molar-refractivity contribution in [1.29, 1.82) is 0 Å². The minimum atomic E-state index is -0.614. The van der Waals surface area contributed by atoms with E-state index >= 15 is 0 Å². The Kier molecular flexibility index (Phi) is 6.82. The standard InChI is InChI=1S/C19H30N4O2/c1-14(2)23-11-9-15(10-12-23)13-20-18(24)19(25)21-16-5-7-17(8-6-16)22(3)4/h5-8,14-15H,9-13H2,1-4H3,(H,20,24)(H,21,25). The van der Waals surface area contributed by atoms with E-state index in [1.807, 2.05) is 31.1 Å². The first-order chi connectivity index (χ1) is 11.9. The van der Waals surface area contributed by atoms with Crippen LogP contribution in [0.4, 0.5) is 11.4 Å². The predicted molar refractivity (Wildman–Crippen MR) is 102 cm³/mol.